The summed E-state index contributed by atoms with van der Waals surface area (Å²) < 4.78 is 13.4. The number of hydrogen-bond acceptors (Lipinski definition) is 6. The lowest BCUT2D eigenvalue weighted by atomic mass is 10.2. The molecule has 0 amide bonds. The Labute approximate surface area is 190 Å². The summed E-state index contributed by atoms with van der Waals surface area (Å²) >= 11 is 1.64. The average molecular weight is 449 g/mol. The molecule has 31 heavy (non-hydrogen) atoms. The molecule has 0 aliphatic rings. The first kappa shape index (κ1) is 24.8. The van der Waals surface area contributed by atoms with E-state index in [2.05, 4.69) is 44.2 Å². The summed E-state index contributed by atoms with van der Waals surface area (Å²) in [6.07, 6.45) is 3.84. The third-order valence-electron chi connectivity index (χ3n) is 4.55. The highest BCUT2D eigenvalue weighted by Crippen LogP contribution is 2.20. The molecule has 172 valence electrons. The van der Waals surface area contributed by atoms with Crippen molar-refractivity contribution < 1.29 is 9.47 Å². The van der Waals surface area contributed by atoms with Crippen LogP contribution in [0.5, 0.6) is 11.5 Å². The van der Waals surface area contributed by atoms with Crippen LogP contribution in [0.25, 0.3) is 0 Å². The fourth-order valence-electron chi connectivity index (χ4n) is 3.07. The maximum absolute atomic E-state index is 5.95. The van der Waals surface area contributed by atoms with E-state index in [1.165, 1.54) is 0 Å². The van der Waals surface area contributed by atoms with Crippen molar-refractivity contribution in [3.05, 3.63) is 30.1 Å². The Morgan fingerprint density at radius 3 is 2.65 bits per heavy atom. The van der Waals surface area contributed by atoms with Crippen molar-refractivity contribution in [3.63, 3.8) is 0 Å². The monoisotopic (exact) mass is 448 g/mol. The maximum atomic E-state index is 5.95. The minimum atomic E-state index is -0.0230. The summed E-state index contributed by atoms with van der Waals surface area (Å²) in [7, 11) is 3.42. The van der Waals surface area contributed by atoms with Crippen LogP contribution < -0.4 is 20.1 Å². The zero-order valence-corrected chi connectivity index (χ0v) is 20.3. The van der Waals surface area contributed by atoms with E-state index in [1.54, 1.807) is 25.9 Å². The second kappa shape index (κ2) is 13.1. The molecule has 2 N–H and O–H groups in total. The fraction of sp³-hybridized carbons (Fsp3) is 0.591. The molecule has 0 radical (unpaired) electrons. The molecule has 1 heterocycles. The molecule has 2 aromatic rings. The van der Waals surface area contributed by atoms with Gasteiger partial charge < -0.3 is 24.7 Å². The molecule has 8 nitrogen and oxygen atoms in total. The molecule has 1 aromatic heterocycles. The Balaban J connectivity index is 1.74. The van der Waals surface area contributed by atoms with Gasteiger partial charge in [-0.05, 0) is 37.7 Å². The number of benzene rings is 1. The van der Waals surface area contributed by atoms with Crippen molar-refractivity contribution in [2.75, 3.05) is 33.5 Å². The Bertz CT molecular complexity index is 824. The predicted octanol–water partition coefficient (Wildman–Crippen LogP) is 3.23. The minimum Gasteiger partial charge on any atom is -0.497 e. The maximum Gasteiger partial charge on any atom is 0.191 e. The van der Waals surface area contributed by atoms with Gasteiger partial charge in [-0.15, -0.1) is 10.2 Å². The second-order valence-electron chi connectivity index (χ2n) is 7.70. The number of hydrogen-bond donors (Lipinski definition) is 2. The van der Waals surface area contributed by atoms with Crippen LogP contribution in [0.2, 0.25) is 0 Å². The summed E-state index contributed by atoms with van der Waals surface area (Å²) in [4.78, 5) is 4.30. The van der Waals surface area contributed by atoms with Crippen LogP contribution in [0.15, 0.2) is 34.4 Å². The van der Waals surface area contributed by atoms with Gasteiger partial charge in [0.1, 0.15) is 23.4 Å². The summed E-state index contributed by atoms with van der Waals surface area (Å²) in [6.45, 7) is 8.82. The van der Waals surface area contributed by atoms with Crippen LogP contribution in [-0.4, -0.2) is 60.3 Å². The van der Waals surface area contributed by atoms with Gasteiger partial charge in [-0.3, -0.25) is 4.99 Å². The Kier molecular flexibility index (Phi) is 10.5. The van der Waals surface area contributed by atoms with Crippen LogP contribution in [0.4, 0.5) is 0 Å². The van der Waals surface area contributed by atoms with Crippen molar-refractivity contribution in [1.29, 1.82) is 0 Å². The normalized spacial score (nSPS) is 12.7. The molecule has 1 aromatic carbocycles. The third kappa shape index (κ3) is 8.32. The zero-order valence-electron chi connectivity index (χ0n) is 19.5. The molecule has 0 bridgehead atoms. The van der Waals surface area contributed by atoms with Gasteiger partial charge in [-0.25, -0.2) is 0 Å². The first-order valence-electron chi connectivity index (χ1n) is 10.7. The van der Waals surface area contributed by atoms with Gasteiger partial charge in [0.25, 0.3) is 0 Å². The number of aromatic nitrogens is 3. The number of rotatable bonds is 12. The van der Waals surface area contributed by atoms with E-state index in [1.807, 2.05) is 37.4 Å². The van der Waals surface area contributed by atoms with E-state index in [9.17, 15) is 0 Å². The van der Waals surface area contributed by atoms with Crippen molar-refractivity contribution >= 4 is 17.7 Å². The zero-order chi connectivity index (χ0) is 22.6. The van der Waals surface area contributed by atoms with Crippen molar-refractivity contribution in [2.24, 2.45) is 10.9 Å². The lowest BCUT2D eigenvalue weighted by molar-refractivity contribution is 0.223. The second-order valence-corrected chi connectivity index (χ2v) is 8.47. The highest BCUT2D eigenvalue weighted by atomic mass is 32.2. The summed E-state index contributed by atoms with van der Waals surface area (Å²) in [5.41, 5.74) is 0. The van der Waals surface area contributed by atoms with E-state index < -0.39 is 0 Å². The number of aryl methyl sites for hydroxylation is 1. The number of guanidine groups is 1. The Hall–Kier alpha value is -2.42. The molecule has 1 atom stereocenters. The summed E-state index contributed by atoms with van der Waals surface area (Å²) in [5, 5.41) is 16.3. The molecular formula is C22H36N6O2S. The molecular weight excluding hydrogens is 412 g/mol. The first-order chi connectivity index (χ1) is 15.0. The Morgan fingerprint density at radius 2 is 1.97 bits per heavy atom. The molecule has 0 aliphatic carbocycles. The van der Waals surface area contributed by atoms with E-state index in [0.717, 1.165) is 54.4 Å². The average Bonchev–Trinajstić information content (AvgIpc) is 3.14. The fourth-order valence-corrected chi connectivity index (χ4v) is 3.59. The standard InChI is InChI=1S/C22H36N6O2S/c1-16(2)15-28-20(26-27-22(28)31-6)11-8-12-24-21(23-4)25-14-17(3)30-19-10-7-9-18(13-19)29-5/h7,9-10,13,16-17H,8,11-12,14-15H2,1-6H3,(H2,23,24,25). The lowest BCUT2D eigenvalue weighted by Gasteiger charge is -2.18. The van der Waals surface area contributed by atoms with Gasteiger partial charge in [0.2, 0.25) is 0 Å². The van der Waals surface area contributed by atoms with Gasteiger partial charge in [0.05, 0.1) is 13.7 Å². The van der Waals surface area contributed by atoms with Gasteiger partial charge in [0.15, 0.2) is 11.1 Å². The van der Waals surface area contributed by atoms with Crippen LogP contribution in [-0.2, 0) is 13.0 Å². The molecule has 2 rings (SSSR count). The number of methoxy groups -OCH3 is 1. The smallest absolute Gasteiger partial charge is 0.191 e. The largest absolute Gasteiger partial charge is 0.497 e. The van der Waals surface area contributed by atoms with Crippen LogP contribution in [0, 0.1) is 5.92 Å². The molecule has 0 saturated carbocycles. The van der Waals surface area contributed by atoms with E-state index in [-0.39, 0.29) is 6.10 Å². The number of aliphatic imine (C=N–C) groups is 1. The summed E-state index contributed by atoms with van der Waals surface area (Å²) in [6, 6.07) is 7.62. The Morgan fingerprint density at radius 1 is 1.19 bits per heavy atom. The SMILES string of the molecule is CN=C(NCCCc1nnc(SC)n1CC(C)C)NCC(C)Oc1cccc(OC)c1. The van der Waals surface area contributed by atoms with Gasteiger partial charge in [0, 0.05) is 32.6 Å². The van der Waals surface area contributed by atoms with Crippen molar-refractivity contribution in [2.45, 2.75) is 51.4 Å². The molecule has 0 fully saturated rings. The van der Waals surface area contributed by atoms with Crippen LogP contribution >= 0.6 is 11.8 Å². The lowest BCUT2D eigenvalue weighted by Crippen LogP contribution is -2.42. The first-order valence-corrected chi connectivity index (χ1v) is 11.9. The molecule has 0 aliphatic heterocycles. The van der Waals surface area contributed by atoms with Crippen molar-refractivity contribution in [1.82, 2.24) is 25.4 Å². The number of ether oxygens (including phenoxy) is 2. The molecule has 1 unspecified atom stereocenters. The predicted molar refractivity (Wildman–Crippen MR) is 127 cm³/mol. The third-order valence-corrected chi connectivity index (χ3v) is 5.22. The quantitative estimate of drug-likeness (QED) is 0.223. The van der Waals surface area contributed by atoms with Gasteiger partial charge in [-0.1, -0.05) is 31.7 Å². The number of nitrogens with zero attached hydrogens (tertiary/aromatic N) is 4. The summed E-state index contributed by atoms with van der Waals surface area (Å²) in [5.74, 6) is 3.93. The van der Waals surface area contributed by atoms with Crippen molar-refractivity contribution in [3.8, 4) is 11.5 Å². The van der Waals surface area contributed by atoms with E-state index in [4.69, 9.17) is 9.47 Å². The highest BCUT2D eigenvalue weighted by molar-refractivity contribution is 7.98. The van der Waals surface area contributed by atoms with Gasteiger partial charge >= 0.3 is 0 Å². The number of thioether (sulfide) groups is 1. The topological polar surface area (TPSA) is 85.6 Å². The molecule has 9 heteroatoms. The molecule has 0 spiro atoms. The minimum absolute atomic E-state index is 0.0230. The van der Waals surface area contributed by atoms with Crippen LogP contribution in [0.3, 0.4) is 0 Å². The molecule has 0 saturated heterocycles. The van der Waals surface area contributed by atoms with Gasteiger partial charge in [-0.2, -0.15) is 0 Å². The highest BCUT2D eigenvalue weighted by Gasteiger charge is 2.12. The number of nitrogens with one attached hydrogen (secondary N) is 2. The van der Waals surface area contributed by atoms with E-state index >= 15 is 0 Å². The van der Waals surface area contributed by atoms with E-state index in [0.29, 0.717) is 12.5 Å². The van der Waals surface area contributed by atoms with Crippen LogP contribution in [0.1, 0.15) is 33.0 Å².